The lowest BCUT2D eigenvalue weighted by Crippen LogP contribution is -2.19. The quantitative estimate of drug-likeness (QED) is 0.458. The Hall–Kier alpha value is -0.780. The summed E-state index contributed by atoms with van der Waals surface area (Å²) in [5.41, 5.74) is 5.19. The van der Waals surface area contributed by atoms with Crippen LogP contribution in [-0.2, 0) is 0 Å². The Morgan fingerprint density at radius 3 is 3.00 bits per heavy atom. The van der Waals surface area contributed by atoms with Crippen molar-refractivity contribution in [2.75, 3.05) is 0 Å². The van der Waals surface area contributed by atoms with Crippen molar-refractivity contribution in [3.05, 3.63) is 34.9 Å². The molecule has 0 saturated carbocycles. The molecule has 4 aliphatic carbocycles. The van der Waals surface area contributed by atoms with E-state index in [1.165, 1.54) is 25.7 Å². The lowest BCUT2D eigenvalue weighted by Gasteiger charge is -2.35. The number of hydrogen-bond donors (Lipinski definition) is 0. The first-order valence-electron chi connectivity index (χ1n) is 4.49. The molecule has 0 aromatic rings. The van der Waals surface area contributed by atoms with Gasteiger partial charge in [0.1, 0.15) is 0 Å². The Labute approximate surface area is 67.3 Å². The van der Waals surface area contributed by atoms with E-state index in [9.17, 15) is 0 Å². The van der Waals surface area contributed by atoms with Crippen LogP contribution in [0.25, 0.3) is 0 Å². The van der Waals surface area contributed by atoms with E-state index in [0.29, 0.717) is 0 Å². The van der Waals surface area contributed by atoms with Crippen LogP contribution in [0, 0.1) is 5.92 Å². The van der Waals surface area contributed by atoms with Gasteiger partial charge in [0.15, 0.2) is 0 Å². The minimum absolute atomic E-state index is 0.812. The normalized spacial score (nSPS) is 32.7. The maximum atomic E-state index is 2.44. The fraction of sp³-hybridized carbons (Fsp3) is 0.455. The van der Waals surface area contributed by atoms with E-state index in [1.54, 1.807) is 16.7 Å². The second-order valence-corrected chi connectivity index (χ2v) is 3.81. The molecule has 0 heterocycles. The maximum Gasteiger partial charge on any atom is 0.00201 e. The molecule has 0 aromatic heterocycles. The van der Waals surface area contributed by atoms with Crippen molar-refractivity contribution in [3.63, 3.8) is 0 Å². The summed E-state index contributed by atoms with van der Waals surface area (Å²) < 4.78 is 0. The second-order valence-electron chi connectivity index (χ2n) is 3.81. The van der Waals surface area contributed by atoms with E-state index < -0.39 is 0 Å². The molecule has 0 spiro atoms. The molecule has 0 heteroatoms. The molecule has 4 aliphatic rings. The van der Waals surface area contributed by atoms with Gasteiger partial charge >= 0.3 is 0 Å². The molecule has 1 atom stereocenters. The number of rotatable bonds is 0. The summed E-state index contributed by atoms with van der Waals surface area (Å²) in [5, 5.41) is 0. The SMILES string of the molecule is C1=CC2CC3=CCC2=C(C1)C3. The Morgan fingerprint density at radius 1 is 1.27 bits per heavy atom. The third-order valence-electron chi connectivity index (χ3n) is 3.17. The third kappa shape index (κ3) is 0.699. The molecule has 4 bridgehead atoms. The van der Waals surface area contributed by atoms with Gasteiger partial charge in [-0.2, -0.15) is 0 Å². The Morgan fingerprint density at radius 2 is 2.27 bits per heavy atom. The molecule has 0 aliphatic heterocycles. The molecule has 56 valence electrons. The molecular weight excluding hydrogens is 132 g/mol. The second kappa shape index (κ2) is 1.88. The highest BCUT2D eigenvalue weighted by molar-refractivity contribution is 5.42. The van der Waals surface area contributed by atoms with Gasteiger partial charge in [0.25, 0.3) is 0 Å². The molecule has 4 rings (SSSR count). The van der Waals surface area contributed by atoms with E-state index in [0.717, 1.165) is 5.92 Å². The summed E-state index contributed by atoms with van der Waals surface area (Å²) >= 11 is 0. The Kier molecular flexibility index (Phi) is 0.993. The minimum Gasteiger partial charge on any atom is -0.0838 e. The van der Waals surface area contributed by atoms with Crippen LogP contribution in [-0.4, -0.2) is 0 Å². The van der Waals surface area contributed by atoms with Gasteiger partial charge in [-0.15, -0.1) is 0 Å². The summed E-state index contributed by atoms with van der Waals surface area (Å²) in [6, 6.07) is 0. The summed E-state index contributed by atoms with van der Waals surface area (Å²) in [5.74, 6) is 0.812. The zero-order valence-electron chi connectivity index (χ0n) is 6.64. The van der Waals surface area contributed by atoms with Gasteiger partial charge < -0.3 is 0 Å². The minimum atomic E-state index is 0.812. The summed E-state index contributed by atoms with van der Waals surface area (Å²) in [6.45, 7) is 0. The van der Waals surface area contributed by atoms with E-state index in [4.69, 9.17) is 0 Å². The summed E-state index contributed by atoms with van der Waals surface area (Å²) in [4.78, 5) is 0. The standard InChI is InChI=1S/C11H12/c1-2-9-6-8-4-5-11(9)10(3-1)7-8/h1-2,4,9H,3,5-7H2. The van der Waals surface area contributed by atoms with Gasteiger partial charge in [0.05, 0.1) is 0 Å². The monoisotopic (exact) mass is 144 g/mol. The van der Waals surface area contributed by atoms with Crippen LogP contribution in [0.2, 0.25) is 0 Å². The predicted octanol–water partition coefficient (Wildman–Crippen LogP) is 2.98. The van der Waals surface area contributed by atoms with Crippen LogP contribution in [0.15, 0.2) is 34.9 Å². The zero-order chi connectivity index (χ0) is 7.26. The van der Waals surface area contributed by atoms with E-state index in [-0.39, 0.29) is 0 Å². The highest BCUT2D eigenvalue weighted by Crippen LogP contribution is 2.44. The van der Waals surface area contributed by atoms with Crippen LogP contribution < -0.4 is 0 Å². The first-order valence-corrected chi connectivity index (χ1v) is 4.49. The largest absolute Gasteiger partial charge is 0.0838 e. The predicted molar refractivity (Wildman–Crippen MR) is 46.2 cm³/mol. The lowest BCUT2D eigenvalue weighted by atomic mass is 9.70. The van der Waals surface area contributed by atoms with Crippen molar-refractivity contribution < 1.29 is 0 Å². The highest BCUT2D eigenvalue weighted by Gasteiger charge is 2.28. The summed E-state index contributed by atoms with van der Waals surface area (Å²) in [7, 11) is 0. The fourth-order valence-corrected chi connectivity index (χ4v) is 2.60. The molecular formula is C11H12. The molecule has 11 heavy (non-hydrogen) atoms. The first kappa shape index (κ1) is 5.82. The average Bonchev–Trinajstić information content (AvgIpc) is 2.05. The fourth-order valence-electron chi connectivity index (χ4n) is 2.60. The molecule has 0 fully saturated rings. The topological polar surface area (TPSA) is 0 Å². The van der Waals surface area contributed by atoms with E-state index in [2.05, 4.69) is 18.2 Å². The molecule has 0 nitrogen and oxygen atoms in total. The number of fused-ring (bicyclic) bond motifs is 1. The highest BCUT2D eigenvalue weighted by atomic mass is 14.3. The molecule has 0 saturated heterocycles. The van der Waals surface area contributed by atoms with Gasteiger partial charge in [-0.3, -0.25) is 0 Å². The molecule has 0 radical (unpaired) electrons. The van der Waals surface area contributed by atoms with Crippen LogP contribution >= 0.6 is 0 Å². The van der Waals surface area contributed by atoms with Gasteiger partial charge in [-0.1, -0.05) is 34.9 Å². The van der Waals surface area contributed by atoms with E-state index in [1.807, 2.05) is 0 Å². The Bertz CT molecular complexity index is 289. The number of allylic oxidation sites excluding steroid dienone is 6. The smallest absolute Gasteiger partial charge is 0.00201 e. The van der Waals surface area contributed by atoms with Gasteiger partial charge in [-0.05, 0) is 25.7 Å². The molecule has 1 unspecified atom stereocenters. The molecule has 0 aromatic carbocycles. The van der Waals surface area contributed by atoms with Crippen LogP contribution in [0.1, 0.15) is 25.7 Å². The van der Waals surface area contributed by atoms with Crippen molar-refractivity contribution in [2.24, 2.45) is 5.92 Å². The van der Waals surface area contributed by atoms with Crippen molar-refractivity contribution in [1.29, 1.82) is 0 Å². The Balaban J connectivity index is 2.14. The van der Waals surface area contributed by atoms with Gasteiger partial charge in [-0.25, -0.2) is 0 Å². The van der Waals surface area contributed by atoms with Crippen LogP contribution in [0.4, 0.5) is 0 Å². The van der Waals surface area contributed by atoms with E-state index >= 15 is 0 Å². The van der Waals surface area contributed by atoms with Gasteiger partial charge in [0, 0.05) is 5.92 Å². The van der Waals surface area contributed by atoms with Crippen molar-refractivity contribution in [3.8, 4) is 0 Å². The third-order valence-corrected chi connectivity index (χ3v) is 3.17. The summed E-state index contributed by atoms with van der Waals surface area (Å²) in [6.07, 6.45) is 12.3. The van der Waals surface area contributed by atoms with Crippen molar-refractivity contribution in [2.45, 2.75) is 25.7 Å². The lowest BCUT2D eigenvalue weighted by molar-refractivity contribution is 0.610. The average molecular weight is 144 g/mol. The zero-order valence-corrected chi connectivity index (χ0v) is 6.64. The van der Waals surface area contributed by atoms with Crippen molar-refractivity contribution in [1.82, 2.24) is 0 Å². The van der Waals surface area contributed by atoms with Crippen LogP contribution in [0.3, 0.4) is 0 Å². The van der Waals surface area contributed by atoms with Crippen molar-refractivity contribution >= 4 is 0 Å². The molecule has 0 amide bonds. The first-order chi connectivity index (χ1) is 5.43. The number of hydrogen-bond acceptors (Lipinski definition) is 0. The maximum absolute atomic E-state index is 2.44. The van der Waals surface area contributed by atoms with Crippen LogP contribution in [0.5, 0.6) is 0 Å². The molecule has 0 N–H and O–H groups in total. The van der Waals surface area contributed by atoms with Gasteiger partial charge in [0.2, 0.25) is 0 Å².